The van der Waals surface area contributed by atoms with E-state index in [1.54, 1.807) is 60.7 Å². The number of hydrogen-bond acceptors (Lipinski definition) is 11. The maximum atomic E-state index is 13.5. The Morgan fingerprint density at radius 2 is 1.57 bits per heavy atom. The quantitative estimate of drug-likeness (QED) is 0.180. The van der Waals surface area contributed by atoms with Crippen LogP contribution >= 0.6 is 0 Å². The van der Waals surface area contributed by atoms with Crippen LogP contribution < -0.4 is 5.73 Å². The van der Waals surface area contributed by atoms with E-state index in [4.69, 9.17) is 24.7 Å². The summed E-state index contributed by atoms with van der Waals surface area (Å²) in [4.78, 5) is 43.7. The van der Waals surface area contributed by atoms with Crippen LogP contribution in [-0.4, -0.2) is 57.4 Å². The summed E-state index contributed by atoms with van der Waals surface area (Å²) < 4.78 is 25.4. The summed E-state index contributed by atoms with van der Waals surface area (Å²) in [5.74, 6) is -2.00. The zero-order chi connectivity index (χ0) is 32.7. The Morgan fingerprint density at radius 1 is 0.957 bits per heavy atom. The van der Waals surface area contributed by atoms with Crippen molar-refractivity contribution in [3.8, 4) is 6.07 Å². The van der Waals surface area contributed by atoms with Crippen LogP contribution in [0.15, 0.2) is 79.1 Å². The van der Waals surface area contributed by atoms with Crippen molar-refractivity contribution in [2.45, 2.75) is 63.4 Å². The molecule has 3 heterocycles. The highest BCUT2D eigenvalue weighted by molar-refractivity contribution is 5.75. The van der Waals surface area contributed by atoms with Crippen LogP contribution in [-0.2, 0) is 51.8 Å². The molecule has 2 aromatic heterocycles. The van der Waals surface area contributed by atoms with Crippen LogP contribution in [0.25, 0.3) is 5.52 Å². The van der Waals surface area contributed by atoms with Crippen LogP contribution in [0.4, 0.5) is 5.82 Å². The van der Waals surface area contributed by atoms with Crippen LogP contribution in [0.3, 0.4) is 0 Å². The van der Waals surface area contributed by atoms with Gasteiger partial charge in [0.15, 0.2) is 18.0 Å². The Bertz CT molecular complexity index is 1720. The number of nitrogens with two attached hydrogens (primary N) is 1. The molecule has 1 saturated heterocycles. The Labute approximate surface area is 266 Å². The Morgan fingerprint density at radius 3 is 2.15 bits per heavy atom. The highest BCUT2D eigenvalue weighted by Gasteiger charge is 2.62. The van der Waals surface area contributed by atoms with Crippen molar-refractivity contribution >= 4 is 29.2 Å². The van der Waals surface area contributed by atoms with Crippen LogP contribution in [0.2, 0.25) is 0 Å². The van der Waals surface area contributed by atoms with E-state index in [1.807, 2.05) is 26.0 Å². The average molecular weight is 626 g/mol. The topological polar surface area (TPSA) is 168 Å². The molecule has 2 N–H and O–H groups in total. The fourth-order valence-electron chi connectivity index (χ4n) is 5.61. The van der Waals surface area contributed by atoms with Gasteiger partial charge in [0.25, 0.3) is 0 Å². The van der Waals surface area contributed by atoms with Gasteiger partial charge in [-0.05, 0) is 36.1 Å². The van der Waals surface area contributed by atoms with Gasteiger partial charge < -0.3 is 24.7 Å². The second-order valence-corrected chi connectivity index (χ2v) is 11.0. The average Bonchev–Trinajstić information content (AvgIpc) is 3.62. The molecule has 1 aliphatic heterocycles. The van der Waals surface area contributed by atoms with Gasteiger partial charge in [-0.2, -0.15) is 10.4 Å². The molecule has 12 nitrogen and oxygen atoms in total. The zero-order valence-electron chi connectivity index (χ0n) is 25.6. The number of carbonyl (C=O) groups is 3. The molecule has 2 aromatic carbocycles. The monoisotopic (exact) mass is 625 g/mol. The van der Waals surface area contributed by atoms with E-state index in [2.05, 4.69) is 16.2 Å². The number of nitrogen functional groups attached to an aromatic ring is 1. The minimum absolute atomic E-state index is 0.0976. The summed E-state index contributed by atoms with van der Waals surface area (Å²) in [7, 11) is 0. The predicted molar refractivity (Wildman–Crippen MR) is 165 cm³/mol. The van der Waals surface area contributed by atoms with E-state index in [0.29, 0.717) is 29.5 Å². The smallest absolute Gasteiger partial charge is 0.310 e. The van der Waals surface area contributed by atoms with Gasteiger partial charge in [-0.15, -0.1) is 0 Å². The van der Waals surface area contributed by atoms with Gasteiger partial charge in [0.05, 0.1) is 24.5 Å². The van der Waals surface area contributed by atoms with E-state index in [0.717, 1.165) is 0 Å². The van der Waals surface area contributed by atoms with Gasteiger partial charge in [0.2, 0.25) is 5.60 Å². The second kappa shape index (κ2) is 14.2. The van der Waals surface area contributed by atoms with E-state index >= 15 is 0 Å². The van der Waals surface area contributed by atoms with Crippen molar-refractivity contribution in [1.29, 1.82) is 5.26 Å². The summed E-state index contributed by atoms with van der Waals surface area (Å²) in [6.07, 6.45) is -1.88. The highest BCUT2D eigenvalue weighted by Crippen LogP contribution is 2.44. The zero-order valence-corrected chi connectivity index (χ0v) is 25.6. The van der Waals surface area contributed by atoms with Crippen molar-refractivity contribution < 1.29 is 33.3 Å². The summed E-state index contributed by atoms with van der Waals surface area (Å²) >= 11 is 0. The van der Waals surface area contributed by atoms with Crippen molar-refractivity contribution in [3.63, 3.8) is 0 Å². The number of esters is 3. The lowest BCUT2D eigenvalue weighted by Crippen LogP contribution is -2.46. The molecule has 46 heavy (non-hydrogen) atoms. The van der Waals surface area contributed by atoms with Gasteiger partial charge >= 0.3 is 17.9 Å². The highest BCUT2D eigenvalue weighted by atomic mass is 16.7. The number of ether oxygens (including phenoxy) is 4. The number of hydrogen-bond donors (Lipinski definition) is 1. The molecule has 238 valence electrons. The molecule has 0 aliphatic carbocycles. The first-order valence-corrected chi connectivity index (χ1v) is 15.1. The number of anilines is 1. The lowest BCUT2D eigenvalue weighted by Gasteiger charge is -2.28. The fraction of sp³-hybridized carbons (Fsp3) is 0.353. The Hall–Kier alpha value is -5.28. The third-order valence-electron chi connectivity index (χ3n) is 8.05. The molecule has 0 unspecified atom stereocenters. The van der Waals surface area contributed by atoms with E-state index in [9.17, 15) is 19.6 Å². The lowest BCUT2D eigenvalue weighted by atomic mass is 9.92. The summed E-state index contributed by atoms with van der Waals surface area (Å²) in [5.41, 5.74) is 5.93. The summed E-state index contributed by atoms with van der Waals surface area (Å²) in [6, 6.07) is 23.2. The SMILES string of the molecule is CCC(CC)C(=O)OC[C@H]1O[C@@](C#N)(c2ccc3c(N)ncnn23)[C@H](OC(=O)Cc2ccccc2)[C@@H]1OC(=O)Cc1ccccc1. The van der Waals surface area contributed by atoms with Crippen molar-refractivity contribution in [2.75, 3.05) is 12.3 Å². The molecule has 0 saturated carbocycles. The number of carbonyl (C=O) groups excluding carboxylic acids is 3. The standard InChI is InChI=1S/C34H35N5O7/c1-3-24(4-2)33(42)43-19-26-30(44-28(40)17-22-11-7-5-8-12-22)31(45-29(41)18-23-13-9-6-10-14-23)34(20-35,46-26)27-16-15-25-32(36)37-21-38-39(25)27/h5-16,21,24,26,30-31H,3-4,17-19H2,1-2H3,(H2,36,37,38)/t26-,30-,31-,34+/m1/s1. The molecule has 0 bridgehead atoms. The van der Waals surface area contributed by atoms with Crippen LogP contribution in [0.1, 0.15) is 43.5 Å². The Balaban J connectivity index is 1.56. The first-order chi connectivity index (χ1) is 22.3. The molecular formula is C34H35N5O7. The summed E-state index contributed by atoms with van der Waals surface area (Å²) in [6.45, 7) is 3.39. The maximum Gasteiger partial charge on any atom is 0.310 e. The van der Waals surface area contributed by atoms with E-state index in [1.165, 1.54) is 10.8 Å². The largest absolute Gasteiger partial charge is 0.463 e. The molecular weight excluding hydrogens is 590 g/mol. The number of fused-ring (bicyclic) bond motifs is 1. The minimum Gasteiger partial charge on any atom is -0.463 e. The van der Waals surface area contributed by atoms with E-state index < -0.39 is 41.8 Å². The van der Waals surface area contributed by atoms with Crippen molar-refractivity contribution in [2.24, 2.45) is 5.92 Å². The summed E-state index contributed by atoms with van der Waals surface area (Å²) in [5, 5.41) is 15.1. The lowest BCUT2D eigenvalue weighted by molar-refractivity contribution is -0.169. The van der Waals surface area contributed by atoms with Gasteiger partial charge in [0.1, 0.15) is 30.6 Å². The second-order valence-electron chi connectivity index (χ2n) is 11.0. The molecule has 0 radical (unpaired) electrons. The molecule has 0 spiro atoms. The first-order valence-electron chi connectivity index (χ1n) is 15.1. The number of rotatable bonds is 12. The van der Waals surface area contributed by atoms with E-state index in [-0.39, 0.29) is 36.9 Å². The number of nitriles is 1. The van der Waals surface area contributed by atoms with Gasteiger partial charge in [-0.3, -0.25) is 14.4 Å². The molecule has 5 rings (SSSR count). The molecule has 1 fully saturated rings. The Kier molecular flexibility index (Phi) is 9.93. The maximum absolute atomic E-state index is 13.5. The fourth-order valence-corrected chi connectivity index (χ4v) is 5.61. The van der Waals surface area contributed by atoms with Gasteiger partial charge in [-0.1, -0.05) is 74.5 Å². The normalized spacial score (nSPS) is 20.7. The van der Waals surface area contributed by atoms with Crippen LogP contribution in [0, 0.1) is 17.2 Å². The number of benzene rings is 2. The van der Waals surface area contributed by atoms with Crippen molar-refractivity contribution in [3.05, 3.63) is 95.9 Å². The first kappa shape index (κ1) is 32.1. The number of aromatic nitrogens is 3. The number of nitrogens with zero attached hydrogens (tertiary/aromatic N) is 4. The molecule has 4 atom stereocenters. The van der Waals surface area contributed by atoms with Crippen LogP contribution in [0.5, 0.6) is 0 Å². The van der Waals surface area contributed by atoms with Gasteiger partial charge in [0, 0.05) is 0 Å². The molecule has 4 aromatic rings. The third kappa shape index (κ3) is 6.69. The third-order valence-corrected chi connectivity index (χ3v) is 8.05. The minimum atomic E-state index is -2.05. The molecule has 1 aliphatic rings. The predicted octanol–water partition coefficient (Wildman–Crippen LogP) is 3.72. The molecule has 12 heteroatoms. The van der Waals surface area contributed by atoms with Gasteiger partial charge in [-0.25, -0.2) is 9.50 Å². The molecule has 0 amide bonds. The van der Waals surface area contributed by atoms with Crippen molar-refractivity contribution in [1.82, 2.24) is 14.6 Å².